The maximum Gasteiger partial charge on any atom is 0.0440 e. The van der Waals surface area contributed by atoms with Crippen molar-refractivity contribution in [3.8, 4) is 0 Å². The van der Waals surface area contributed by atoms with E-state index < -0.39 is 0 Å². The van der Waals surface area contributed by atoms with E-state index in [1.54, 1.807) is 6.42 Å². The third-order valence-electron chi connectivity index (χ3n) is 6.12. The number of hydrogen-bond acceptors (Lipinski definition) is 2. The van der Waals surface area contributed by atoms with Crippen molar-refractivity contribution in [1.82, 2.24) is 5.32 Å². The van der Waals surface area contributed by atoms with Crippen LogP contribution >= 0.6 is 11.3 Å². The normalized spacial score (nSPS) is 40.5. The molecule has 110 valence electrons. The SMILES string of the molecule is CC(C)C(NC1C2CC3CC(C2)CC1C3)c1cccs1. The molecule has 20 heavy (non-hydrogen) atoms. The highest BCUT2D eigenvalue weighted by molar-refractivity contribution is 7.10. The number of thiophene rings is 1. The van der Waals surface area contributed by atoms with E-state index in [4.69, 9.17) is 0 Å². The van der Waals surface area contributed by atoms with Gasteiger partial charge in [0.05, 0.1) is 0 Å². The Morgan fingerprint density at radius 3 is 2.20 bits per heavy atom. The van der Waals surface area contributed by atoms with Crippen molar-refractivity contribution < 1.29 is 0 Å². The fourth-order valence-electron chi connectivity index (χ4n) is 5.48. The molecule has 0 saturated heterocycles. The van der Waals surface area contributed by atoms with Crippen molar-refractivity contribution in [1.29, 1.82) is 0 Å². The van der Waals surface area contributed by atoms with E-state index in [9.17, 15) is 0 Å². The molecule has 1 N–H and O–H groups in total. The van der Waals surface area contributed by atoms with Gasteiger partial charge >= 0.3 is 0 Å². The predicted molar refractivity (Wildman–Crippen MR) is 85.9 cm³/mol. The molecule has 0 spiro atoms. The summed E-state index contributed by atoms with van der Waals surface area (Å²) < 4.78 is 0. The molecule has 5 rings (SSSR count). The second-order valence-corrected chi connectivity index (χ2v) is 8.84. The molecule has 4 bridgehead atoms. The molecule has 1 heterocycles. The van der Waals surface area contributed by atoms with E-state index in [0.717, 1.165) is 29.7 Å². The number of rotatable bonds is 4. The van der Waals surface area contributed by atoms with E-state index >= 15 is 0 Å². The predicted octanol–water partition coefficient (Wildman–Crippen LogP) is 4.86. The topological polar surface area (TPSA) is 12.0 Å². The Morgan fingerprint density at radius 1 is 1.05 bits per heavy atom. The minimum absolute atomic E-state index is 0.567. The monoisotopic (exact) mass is 289 g/mol. The van der Waals surface area contributed by atoms with Crippen molar-refractivity contribution in [2.24, 2.45) is 29.6 Å². The lowest BCUT2D eigenvalue weighted by molar-refractivity contribution is -0.0196. The molecule has 1 aromatic rings. The summed E-state index contributed by atoms with van der Waals surface area (Å²) in [6, 6.07) is 5.89. The Kier molecular flexibility index (Phi) is 3.42. The Balaban J connectivity index is 1.53. The second kappa shape index (κ2) is 5.14. The molecule has 1 nitrogen and oxygen atoms in total. The standard InChI is InChI=1S/C18H27NS/c1-11(2)17(16-4-3-5-20-16)19-18-14-7-12-6-13(9-14)10-15(18)8-12/h3-5,11-15,17-19H,6-10H2,1-2H3. The van der Waals surface area contributed by atoms with Crippen molar-refractivity contribution >= 4 is 11.3 Å². The van der Waals surface area contributed by atoms with Gasteiger partial charge in [0, 0.05) is 17.0 Å². The fraction of sp³-hybridized carbons (Fsp3) is 0.778. The van der Waals surface area contributed by atoms with Crippen LogP contribution in [0.5, 0.6) is 0 Å². The maximum absolute atomic E-state index is 4.11. The number of nitrogens with one attached hydrogen (secondary N) is 1. The van der Waals surface area contributed by atoms with Gasteiger partial charge in [-0.1, -0.05) is 19.9 Å². The zero-order valence-corrected chi connectivity index (χ0v) is 13.5. The van der Waals surface area contributed by atoms with Gasteiger partial charge in [0.25, 0.3) is 0 Å². The molecule has 0 radical (unpaired) electrons. The van der Waals surface area contributed by atoms with Crippen LogP contribution in [0.2, 0.25) is 0 Å². The van der Waals surface area contributed by atoms with Gasteiger partial charge in [-0.3, -0.25) is 0 Å². The average molecular weight is 289 g/mol. The van der Waals surface area contributed by atoms with Gasteiger partial charge in [-0.25, -0.2) is 0 Å². The molecule has 2 heteroatoms. The van der Waals surface area contributed by atoms with Gasteiger partial charge in [-0.2, -0.15) is 0 Å². The van der Waals surface area contributed by atoms with Crippen LogP contribution in [-0.4, -0.2) is 6.04 Å². The smallest absolute Gasteiger partial charge is 0.0440 e. The van der Waals surface area contributed by atoms with Crippen molar-refractivity contribution in [2.75, 3.05) is 0 Å². The van der Waals surface area contributed by atoms with Crippen LogP contribution < -0.4 is 5.32 Å². The Labute approximate surface area is 127 Å². The van der Waals surface area contributed by atoms with Gasteiger partial charge in [-0.05, 0) is 73.1 Å². The maximum atomic E-state index is 4.11. The minimum Gasteiger partial charge on any atom is -0.306 e. The molecule has 4 saturated carbocycles. The fourth-order valence-corrected chi connectivity index (χ4v) is 6.43. The first kappa shape index (κ1) is 13.3. The van der Waals surface area contributed by atoms with Gasteiger partial charge in [0.15, 0.2) is 0 Å². The van der Waals surface area contributed by atoms with Crippen LogP contribution in [0, 0.1) is 29.6 Å². The molecule has 4 fully saturated rings. The molecule has 1 atom stereocenters. The zero-order valence-electron chi connectivity index (χ0n) is 12.7. The summed E-state index contributed by atoms with van der Waals surface area (Å²) in [5.74, 6) is 4.80. The average Bonchev–Trinajstić information content (AvgIpc) is 2.90. The van der Waals surface area contributed by atoms with E-state index in [0.29, 0.717) is 12.0 Å². The Bertz CT molecular complexity index is 422. The summed E-state index contributed by atoms with van der Waals surface area (Å²) in [4.78, 5) is 1.54. The lowest BCUT2D eigenvalue weighted by atomic mass is 9.54. The van der Waals surface area contributed by atoms with Crippen LogP contribution in [0.4, 0.5) is 0 Å². The van der Waals surface area contributed by atoms with Gasteiger partial charge < -0.3 is 5.32 Å². The molecule has 1 unspecified atom stereocenters. The van der Waals surface area contributed by atoms with E-state index in [2.05, 4.69) is 36.7 Å². The molecule has 0 amide bonds. The van der Waals surface area contributed by atoms with Crippen LogP contribution in [0.25, 0.3) is 0 Å². The van der Waals surface area contributed by atoms with Crippen LogP contribution in [0.3, 0.4) is 0 Å². The summed E-state index contributed by atoms with van der Waals surface area (Å²) in [5.41, 5.74) is 0. The van der Waals surface area contributed by atoms with Gasteiger partial charge in [0.2, 0.25) is 0 Å². The van der Waals surface area contributed by atoms with E-state index in [1.165, 1.54) is 30.6 Å². The second-order valence-electron chi connectivity index (χ2n) is 7.86. The van der Waals surface area contributed by atoms with Crippen molar-refractivity contribution in [2.45, 2.75) is 58.0 Å². The molecule has 0 aliphatic heterocycles. The van der Waals surface area contributed by atoms with Crippen LogP contribution in [-0.2, 0) is 0 Å². The van der Waals surface area contributed by atoms with E-state index in [1.807, 2.05) is 11.3 Å². The summed E-state index contributed by atoms with van der Waals surface area (Å²) in [6.45, 7) is 4.74. The molecular weight excluding hydrogens is 262 g/mol. The first-order valence-electron chi connectivity index (χ1n) is 8.50. The highest BCUT2D eigenvalue weighted by atomic mass is 32.1. The van der Waals surface area contributed by atoms with Crippen molar-refractivity contribution in [3.63, 3.8) is 0 Å². The first-order chi connectivity index (χ1) is 9.70. The Morgan fingerprint density at radius 2 is 1.70 bits per heavy atom. The minimum atomic E-state index is 0.567. The highest BCUT2D eigenvalue weighted by Gasteiger charge is 2.48. The molecule has 1 aromatic heterocycles. The molecule has 4 aliphatic carbocycles. The van der Waals surface area contributed by atoms with Gasteiger partial charge in [0.1, 0.15) is 0 Å². The number of hydrogen-bond donors (Lipinski definition) is 1. The van der Waals surface area contributed by atoms with Crippen molar-refractivity contribution in [3.05, 3.63) is 22.4 Å². The van der Waals surface area contributed by atoms with Crippen LogP contribution in [0.15, 0.2) is 17.5 Å². The Hall–Kier alpha value is -0.340. The quantitative estimate of drug-likeness (QED) is 0.834. The lowest BCUT2D eigenvalue weighted by Crippen LogP contribution is -2.55. The molecule has 4 aliphatic rings. The zero-order chi connectivity index (χ0) is 13.7. The lowest BCUT2D eigenvalue weighted by Gasteiger charge is -2.55. The summed E-state index contributed by atoms with van der Waals surface area (Å²) in [6.07, 6.45) is 7.61. The van der Waals surface area contributed by atoms with E-state index in [-0.39, 0.29) is 0 Å². The molecule has 0 aromatic carbocycles. The summed E-state index contributed by atoms with van der Waals surface area (Å²) in [7, 11) is 0. The first-order valence-corrected chi connectivity index (χ1v) is 9.38. The summed E-state index contributed by atoms with van der Waals surface area (Å²) >= 11 is 1.92. The third-order valence-corrected chi connectivity index (χ3v) is 7.07. The summed E-state index contributed by atoms with van der Waals surface area (Å²) in [5, 5.41) is 6.34. The van der Waals surface area contributed by atoms with Gasteiger partial charge in [-0.15, -0.1) is 11.3 Å². The third kappa shape index (κ3) is 2.25. The largest absolute Gasteiger partial charge is 0.306 e. The van der Waals surface area contributed by atoms with Crippen LogP contribution in [0.1, 0.15) is 56.9 Å². The molecular formula is C18H27NS. The highest BCUT2D eigenvalue weighted by Crippen LogP contribution is 2.54.